The highest BCUT2D eigenvalue weighted by atomic mass is 16.6. The van der Waals surface area contributed by atoms with Crippen molar-refractivity contribution < 1.29 is 9.72 Å². The van der Waals surface area contributed by atoms with Gasteiger partial charge in [0, 0.05) is 38.1 Å². The van der Waals surface area contributed by atoms with Gasteiger partial charge in [0.1, 0.15) is 11.5 Å². The van der Waals surface area contributed by atoms with E-state index in [4.69, 9.17) is 0 Å². The third-order valence-corrected chi connectivity index (χ3v) is 3.05. The lowest BCUT2D eigenvalue weighted by molar-refractivity contribution is -0.384. The van der Waals surface area contributed by atoms with Crippen molar-refractivity contribution in [3.05, 3.63) is 52.1 Å². The summed E-state index contributed by atoms with van der Waals surface area (Å²) in [5.74, 6) is 0.313. The predicted molar refractivity (Wildman–Crippen MR) is 77.0 cm³/mol. The maximum absolute atomic E-state index is 12.0. The molecular formula is C13H15N5O3. The Bertz CT molecular complexity index is 680. The van der Waals surface area contributed by atoms with Crippen LogP contribution in [0.15, 0.2) is 30.6 Å². The lowest BCUT2D eigenvalue weighted by Gasteiger charge is -2.07. The van der Waals surface area contributed by atoms with Gasteiger partial charge in [-0.2, -0.15) is 0 Å². The van der Waals surface area contributed by atoms with E-state index in [9.17, 15) is 14.9 Å². The summed E-state index contributed by atoms with van der Waals surface area (Å²) in [6.45, 7) is 0.254. The Hall–Kier alpha value is -2.90. The molecular weight excluding hydrogens is 274 g/mol. The number of imidazole rings is 1. The summed E-state index contributed by atoms with van der Waals surface area (Å²) in [5.41, 5.74) is 0.456. The summed E-state index contributed by atoms with van der Waals surface area (Å²) >= 11 is 0. The number of nitrogens with zero attached hydrogens (tertiary/aromatic N) is 3. The summed E-state index contributed by atoms with van der Waals surface area (Å²) < 4.78 is 1.78. The van der Waals surface area contributed by atoms with E-state index in [1.54, 1.807) is 24.0 Å². The van der Waals surface area contributed by atoms with Gasteiger partial charge < -0.3 is 15.2 Å². The normalized spacial score (nSPS) is 10.2. The number of hydrogen-bond donors (Lipinski definition) is 2. The fourth-order valence-electron chi connectivity index (χ4n) is 1.86. The van der Waals surface area contributed by atoms with Crippen molar-refractivity contribution in [2.24, 2.45) is 7.05 Å². The number of carbonyl (C=O) groups is 1. The largest absolute Gasteiger partial charge is 0.383 e. The van der Waals surface area contributed by atoms with Crippen LogP contribution in [0, 0.1) is 10.1 Å². The van der Waals surface area contributed by atoms with Crippen LogP contribution < -0.4 is 10.6 Å². The number of anilines is 1. The van der Waals surface area contributed by atoms with E-state index in [1.165, 1.54) is 18.2 Å². The molecule has 2 rings (SSSR count). The second kappa shape index (κ2) is 6.04. The van der Waals surface area contributed by atoms with E-state index in [0.717, 1.165) is 0 Å². The zero-order chi connectivity index (χ0) is 15.4. The summed E-state index contributed by atoms with van der Waals surface area (Å²) in [7, 11) is 3.41. The molecule has 0 aliphatic rings. The fourth-order valence-corrected chi connectivity index (χ4v) is 1.86. The van der Waals surface area contributed by atoms with Gasteiger partial charge in [0.25, 0.3) is 11.6 Å². The molecule has 2 N–H and O–H groups in total. The van der Waals surface area contributed by atoms with Crippen LogP contribution >= 0.6 is 0 Å². The van der Waals surface area contributed by atoms with Crippen LogP contribution in [-0.4, -0.2) is 27.4 Å². The summed E-state index contributed by atoms with van der Waals surface area (Å²) in [6, 6.07) is 4.29. The summed E-state index contributed by atoms with van der Waals surface area (Å²) in [4.78, 5) is 26.6. The van der Waals surface area contributed by atoms with Gasteiger partial charge in [-0.25, -0.2) is 4.98 Å². The molecule has 0 saturated carbocycles. The first-order chi connectivity index (χ1) is 10.0. The van der Waals surface area contributed by atoms with Crippen LogP contribution in [0.1, 0.15) is 16.2 Å². The third kappa shape index (κ3) is 3.16. The Balaban J connectivity index is 2.14. The maximum atomic E-state index is 12.0. The molecule has 110 valence electrons. The number of hydrogen-bond acceptors (Lipinski definition) is 5. The Labute approximate surface area is 121 Å². The van der Waals surface area contributed by atoms with Gasteiger partial charge in [-0.3, -0.25) is 14.9 Å². The van der Waals surface area contributed by atoms with E-state index in [-0.39, 0.29) is 23.7 Å². The van der Waals surface area contributed by atoms with Crippen LogP contribution in [0.2, 0.25) is 0 Å². The first-order valence-corrected chi connectivity index (χ1v) is 6.23. The zero-order valence-electron chi connectivity index (χ0n) is 11.7. The van der Waals surface area contributed by atoms with Gasteiger partial charge >= 0.3 is 0 Å². The molecule has 8 nitrogen and oxygen atoms in total. The quantitative estimate of drug-likeness (QED) is 0.638. The van der Waals surface area contributed by atoms with E-state index in [2.05, 4.69) is 15.6 Å². The molecule has 8 heteroatoms. The van der Waals surface area contributed by atoms with E-state index < -0.39 is 4.92 Å². The highest BCUT2D eigenvalue weighted by Gasteiger charge is 2.16. The highest BCUT2D eigenvalue weighted by Crippen LogP contribution is 2.24. The van der Waals surface area contributed by atoms with Gasteiger partial charge in [-0.05, 0) is 12.1 Å². The molecule has 0 bridgehead atoms. The first kappa shape index (κ1) is 14.5. The Morgan fingerprint density at radius 3 is 2.81 bits per heavy atom. The minimum Gasteiger partial charge on any atom is -0.383 e. The lowest BCUT2D eigenvalue weighted by Crippen LogP contribution is -2.24. The molecule has 1 aromatic carbocycles. The van der Waals surface area contributed by atoms with Crippen molar-refractivity contribution in [2.45, 2.75) is 6.54 Å². The standard InChI is InChI=1S/C13H15N5O3/c1-14-10-4-3-9(7-11(10)18(20)21)13(19)16-8-12-15-5-6-17(12)2/h3-7,14H,8H2,1-2H3,(H,16,19). The number of nitro groups is 1. The maximum Gasteiger partial charge on any atom is 0.293 e. The van der Waals surface area contributed by atoms with Gasteiger partial charge in [-0.15, -0.1) is 0 Å². The number of aromatic nitrogens is 2. The molecule has 0 fully saturated rings. The fraction of sp³-hybridized carbons (Fsp3) is 0.231. The van der Waals surface area contributed by atoms with Gasteiger partial charge in [0.2, 0.25) is 0 Å². The van der Waals surface area contributed by atoms with Crippen LogP contribution in [0.3, 0.4) is 0 Å². The van der Waals surface area contributed by atoms with Crippen LogP contribution in [0.25, 0.3) is 0 Å². The molecule has 0 atom stereocenters. The number of nitro benzene ring substituents is 1. The van der Waals surface area contributed by atoms with Crippen LogP contribution in [0.5, 0.6) is 0 Å². The van der Waals surface area contributed by atoms with Gasteiger partial charge in [0.15, 0.2) is 0 Å². The Morgan fingerprint density at radius 2 is 2.24 bits per heavy atom. The Kier molecular flexibility index (Phi) is 4.17. The lowest BCUT2D eigenvalue weighted by atomic mass is 10.1. The van der Waals surface area contributed by atoms with Crippen molar-refractivity contribution in [3.63, 3.8) is 0 Å². The van der Waals surface area contributed by atoms with E-state index in [0.29, 0.717) is 11.5 Å². The van der Waals surface area contributed by atoms with Crippen LogP contribution in [-0.2, 0) is 13.6 Å². The average molecular weight is 289 g/mol. The Morgan fingerprint density at radius 1 is 1.48 bits per heavy atom. The number of aryl methyl sites for hydroxylation is 1. The number of benzene rings is 1. The van der Waals surface area contributed by atoms with Crippen molar-refractivity contribution >= 4 is 17.3 Å². The summed E-state index contributed by atoms with van der Waals surface area (Å²) in [5, 5.41) is 16.4. The SMILES string of the molecule is CNc1ccc(C(=O)NCc2nccn2C)cc1[N+](=O)[O-]. The average Bonchev–Trinajstić information content (AvgIpc) is 2.89. The molecule has 0 unspecified atom stereocenters. The number of rotatable bonds is 5. The molecule has 21 heavy (non-hydrogen) atoms. The number of carbonyl (C=O) groups excluding carboxylic acids is 1. The third-order valence-electron chi connectivity index (χ3n) is 3.05. The van der Waals surface area contributed by atoms with Gasteiger partial charge in [0.05, 0.1) is 11.5 Å². The smallest absolute Gasteiger partial charge is 0.293 e. The predicted octanol–water partition coefficient (Wildman–Crippen LogP) is 1.30. The van der Waals surface area contributed by atoms with Crippen LogP contribution in [0.4, 0.5) is 11.4 Å². The molecule has 0 aliphatic heterocycles. The monoisotopic (exact) mass is 289 g/mol. The number of amides is 1. The van der Waals surface area contributed by atoms with E-state index in [1.807, 2.05) is 7.05 Å². The first-order valence-electron chi connectivity index (χ1n) is 6.23. The molecule has 0 spiro atoms. The summed E-state index contributed by atoms with van der Waals surface area (Å²) in [6.07, 6.45) is 3.40. The number of nitrogens with one attached hydrogen (secondary N) is 2. The van der Waals surface area contributed by atoms with E-state index >= 15 is 0 Å². The molecule has 2 aromatic rings. The molecule has 0 radical (unpaired) electrons. The topological polar surface area (TPSA) is 102 Å². The molecule has 0 saturated heterocycles. The highest BCUT2D eigenvalue weighted by molar-refractivity contribution is 5.95. The molecule has 1 aromatic heterocycles. The molecule has 1 amide bonds. The second-order valence-electron chi connectivity index (χ2n) is 4.38. The van der Waals surface area contributed by atoms with Crippen molar-refractivity contribution in [1.29, 1.82) is 0 Å². The molecule has 1 heterocycles. The van der Waals surface area contributed by atoms with Gasteiger partial charge in [-0.1, -0.05) is 0 Å². The molecule has 0 aliphatic carbocycles. The van der Waals surface area contributed by atoms with Crippen molar-refractivity contribution in [3.8, 4) is 0 Å². The minimum atomic E-state index is -0.526. The minimum absolute atomic E-state index is 0.137. The zero-order valence-corrected chi connectivity index (χ0v) is 11.7. The van der Waals surface area contributed by atoms with Crippen molar-refractivity contribution in [1.82, 2.24) is 14.9 Å². The second-order valence-corrected chi connectivity index (χ2v) is 4.38. The van der Waals surface area contributed by atoms with Crippen molar-refractivity contribution in [2.75, 3.05) is 12.4 Å².